The number of rotatable bonds is 6. The number of anilines is 1. The first-order valence-electron chi connectivity index (χ1n) is 9.60. The molecule has 0 saturated heterocycles. The molecule has 1 unspecified atom stereocenters. The van der Waals surface area contributed by atoms with Crippen molar-refractivity contribution in [2.75, 3.05) is 26.0 Å². The van der Waals surface area contributed by atoms with Gasteiger partial charge in [0.2, 0.25) is 0 Å². The summed E-state index contributed by atoms with van der Waals surface area (Å²) in [6.45, 7) is 4.50. The third-order valence-corrected chi connectivity index (χ3v) is 5.24. The Morgan fingerprint density at radius 1 is 1.11 bits per heavy atom. The Kier molecular flexibility index (Phi) is 5.32. The molecule has 3 aromatic rings. The Morgan fingerprint density at radius 3 is 2.71 bits per heavy atom. The zero-order chi connectivity index (χ0) is 19.5. The highest BCUT2D eigenvalue weighted by atomic mass is 15.1. The molecule has 1 aliphatic heterocycles. The van der Waals surface area contributed by atoms with Gasteiger partial charge in [-0.25, -0.2) is 9.97 Å². The number of aryl methyl sites for hydroxylation is 1. The van der Waals surface area contributed by atoms with Crippen molar-refractivity contribution in [1.29, 1.82) is 0 Å². The van der Waals surface area contributed by atoms with Gasteiger partial charge in [-0.15, -0.1) is 0 Å². The van der Waals surface area contributed by atoms with E-state index >= 15 is 0 Å². The SMILES string of the molecule is Cc1ccccc1C(CNc1nc(-c2cccnc2)nc2c1CNC2)N(C)C. The summed E-state index contributed by atoms with van der Waals surface area (Å²) in [6, 6.07) is 12.7. The molecule has 0 radical (unpaired) electrons. The molecule has 6 nitrogen and oxygen atoms in total. The molecule has 3 heterocycles. The summed E-state index contributed by atoms with van der Waals surface area (Å²) in [6.07, 6.45) is 3.57. The second-order valence-corrected chi connectivity index (χ2v) is 7.38. The highest BCUT2D eigenvalue weighted by Gasteiger charge is 2.22. The minimum atomic E-state index is 0.253. The van der Waals surface area contributed by atoms with Crippen LogP contribution >= 0.6 is 0 Å². The molecule has 0 aliphatic carbocycles. The van der Waals surface area contributed by atoms with Crippen molar-refractivity contribution in [2.45, 2.75) is 26.1 Å². The lowest BCUT2D eigenvalue weighted by atomic mass is 10.0. The van der Waals surface area contributed by atoms with Crippen LogP contribution in [0.25, 0.3) is 11.4 Å². The molecule has 0 saturated carbocycles. The maximum absolute atomic E-state index is 4.84. The normalized spacial score (nSPS) is 14.1. The average Bonchev–Trinajstić information content (AvgIpc) is 3.18. The van der Waals surface area contributed by atoms with Crippen LogP contribution in [0.5, 0.6) is 0 Å². The maximum atomic E-state index is 4.84. The summed E-state index contributed by atoms with van der Waals surface area (Å²) >= 11 is 0. The van der Waals surface area contributed by atoms with Crippen molar-refractivity contribution in [3.63, 3.8) is 0 Å². The Balaban J connectivity index is 1.64. The molecule has 1 aromatic carbocycles. The molecule has 4 rings (SSSR count). The van der Waals surface area contributed by atoms with Gasteiger partial charge in [0.25, 0.3) is 0 Å². The van der Waals surface area contributed by atoms with Gasteiger partial charge in [-0.1, -0.05) is 24.3 Å². The summed E-state index contributed by atoms with van der Waals surface area (Å²) in [5.41, 5.74) is 5.79. The zero-order valence-corrected chi connectivity index (χ0v) is 16.6. The third-order valence-electron chi connectivity index (χ3n) is 5.24. The van der Waals surface area contributed by atoms with Gasteiger partial charge < -0.3 is 15.5 Å². The molecule has 6 heteroatoms. The number of hydrogen-bond acceptors (Lipinski definition) is 6. The van der Waals surface area contributed by atoms with Crippen molar-refractivity contribution >= 4 is 5.82 Å². The Hall–Kier alpha value is -2.83. The van der Waals surface area contributed by atoms with Crippen LogP contribution < -0.4 is 10.6 Å². The molecule has 2 N–H and O–H groups in total. The van der Waals surface area contributed by atoms with Gasteiger partial charge in [0.05, 0.1) is 11.7 Å². The number of hydrogen-bond donors (Lipinski definition) is 2. The zero-order valence-electron chi connectivity index (χ0n) is 16.6. The first-order chi connectivity index (χ1) is 13.6. The largest absolute Gasteiger partial charge is 0.368 e. The van der Waals surface area contributed by atoms with Gasteiger partial charge in [0.15, 0.2) is 5.82 Å². The van der Waals surface area contributed by atoms with Crippen molar-refractivity contribution in [2.24, 2.45) is 0 Å². The average molecular weight is 374 g/mol. The van der Waals surface area contributed by atoms with Gasteiger partial charge in [-0.3, -0.25) is 4.98 Å². The predicted octanol–water partition coefficient (Wildman–Crippen LogP) is 3.17. The summed E-state index contributed by atoms with van der Waals surface area (Å²) in [5.74, 6) is 1.63. The number of nitrogens with one attached hydrogen (secondary N) is 2. The molecule has 28 heavy (non-hydrogen) atoms. The molecule has 1 aliphatic rings. The first kappa shape index (κ1) is 18.5. The van der Waals surface area contributed by atoms with E-state index in [1.54, 1.807) is 6.20 Å². The number of benzene rings is 1. The van der Waals surface area contributed by atoms with E-state index in [0.29, 0.717) is 0 Å². The lowest BCUT2D eigenvalue weighted by Gasteiger charge is -2.27. The van der Waals surface area contributed by atoms with Crippen LogP contribution in [0.3, 0.4) is 0 Å². The standard InChI is InChI=1S/C22H26N6/c1-15-7-4-5-9-17(15)20(28(2)3)14-25-22-18-12-24-13-19(18)26-21(27-22)16-8-6-10-23-11-16/h4-11,20,24H,12-14H2,1-3H3,(H,25,26,27). The van der Waals surface area contributed by atoms with E-state index in [9.17, 15) is 0 Å². The Labute approximate surface area is 166 Å². The van der Waals surface area contributed by atoms with Gasteiger partial charge in [-0.2, -0.15) is 0 Å². The van der Waals surface area contributed by atoms with Crippen LogP contribution in [0.15, 0.2) is 48.8 Å². The van der Waals surface area contributed by atoms with E-state index in [0.717, 1.165) is 48.1 Å². The lowest BCUT2D eigenvalue weighted by Crippen LogP contribution is -2.28. The van der Waals surface area contributed by atoms with Crippen LogP contribution in [0.2, 0.25) is 0 Å². The van der Waals surface area contributed by atoms with Crippen LogP contribution in [-0.4, -0.2) is 40.5 Å². The number of aromatic nitrogens is 3. The second-order valence-electron chi connectivity index (χ2n) is 7.38. The summed E-state index contributed by atoms with van der Waals surface area (Å²) in [4.78, 5) is 16.1. The summed E-state index contributed by atoms with van der Waals surface area (Å²) in [5, 5.41) is 7.00. The highest BCUT2D eigenvalue weighted by molar-refractivity contribution is 5.59. The highest BCUT2D eigenvalue weighted by Crippen LogP contribution is 2.27. The molecule has 1 atom stereocenters. The van der Waals surface area contributed by atoms with Crippen molar-refractivity contribution in [3.8, 4) is 11.4 Å². The minimum Gasteiger partial charge on any atom is -0.368 e. The van der Waals surface area contributed by atoms with E-state index in [1.807, 2.05) is 18.3 Å². The molecule has 0 spiro atoms. The van der Waals surface area contributed by atoms with Gasteiger partial charge >= 0.3 is 0 Å². The molecule has 0 amide bonds. The third kappa shape index (κ3) is 3.74. The minimum absolute atomic E-state index is 0.253. The maximum Gasteiger partial charge on any atom is 0.163 e. The summed E-state index contributed by atoms with van der Waals surface area (Å²) in [7, 11) is 4.23. The monoisotopic (exact) mass is 374 g/mol. The smallest absolute Gasteiger partial charge is 0.163 e. The molecule has 0 bridgehead atoms. The fourth-order valence-corrected chi connectivity index (χ4v) is 3.66. The van der Waals surface area contributed by atoms with Crippen molar-refractivity contribution in [1.82, 2.24) is 25.2 Å². The number of pyridine rings is 1. The molecule has 0 fully saturated rings. The van der Waals surface area contributed by atoms with Gasteiger partial charge in [0.1, 0.15) is 5.82 Å². The summed E-state index contributed by atoms with van der Waals surface area (Å²) < 4.78 is 0. The van der Waals surface area contributed by atoms with E-state index in [1.165, 1.54) is 11.1 Å². The number of nitrogens with zero attached hydrogens (tertiary/aromatic N) is 4. The second kappa shape index (κ2) is 8.04. The number of likely N-dealkylation sites (N-methyl/N-ethyl adjacent to an activating group) is 1. The van der Waals surface area contributed by atoms with Crippen LogP contribution in [0.4, 0.5) is 5.82 Å². The van der Waals surface area contributed by atoms with Crippen LogP contribution in [-0.2, 0) is 13.1 Å². The van der Waals surface area contributed by atoms with Crippen molar-refractivity contribution < 1.29 is 0 Å². The fraction of sp³-hybridized carbons (Fsp3) is 0.318. The van der Waals surface area contributed by atoms with Crippen LogP contribution in [0.1, 0.15) is 28.4 Å². The van der Waals surface area contributed by atoms with Crippen LogP contribution in [0, 0.1) is 6.92 Å². The van der Waals surface area contributed by atoms with Crippen molar-refractivity contribution in [3.05, 3.63) is 71.2 Å². The lowest BCUT2D eigenvalue weighted by molar-refractivity contribution is 0.310. The molecule has 144 valence electrons. The Bertz CT molecular complexity index is 954. The topological polar surface area (TPSA) is 66.0 Å². The quantitative estimate of drug-likeness (QED) is 0.691. The van der Waals surface area contributed by atoms with Gasteiger partial charge in [-0.05, 0) is 44.3 Å². The van der Waals surface area contributed by atoms with E-state index in [2.05, 4.69) is 65.8 Å². The van der Waals surface area contributed by atoms with E-state index in [4.69, 9.17) is 9.97 Å². The Morgan fingerprint density at radius 2 is 1.96 bits per heavy atom. The van der Waals surface area contributed by atoms with E-state index < -0.39 is 0 Å². The van der Waals surface area contributed by atoms with E-state index in [-0.39, 0.29) is 6.04 Å². The first-order valence-corrected chi connectivity index (χ1v) is 9.60. The number of fused-ring (bicyclic) bond motifs is 1. The fourth-order valence-electron chi connectivity index (χ4n) is 3.66. The molecular formula is C22H26N6. The molecular weight excluding hydrogens is 348 g/mol. The van der Waals surface area contributed by atoms with Gasteiger partial charge in [0, 0.05) is 43.2 Å². The molecule has 2 aromatic heterocycles. The predicted molar refractivity (Wildman–Crippen MR) is 112 cm³/mol.